The van der Waals surface area contributed by atoms with Crippen molar-refractivity contribution < 1.29 is 4.79 Å². The third-order valence-electron chi connectivity index (χ3n) is 4.71. The minimum Gasteiger partial charge on any atom is -0.350 e. The Labute approximate surface area is 142 Å². The lowest BCUT2D eigenvalue weighted by molar-refractivity contribution is 0.0938. The average molecular weight is 327 g/mol. The van der Waals surface area contributed by atoms with E-state index >= 15 is 0 Å². The van der Waals surface area contributed by atoms with Crippen LogP contribution in [0.3, 0.4) is 0 Å². The molecule has 1 saturated heterocycles. The fourth-order valence-corrected chi connectivity index (χ4v) is 3.51. The normalized spacial score (nSPS) is 21.1. The van der Waals surface area contributed by atoms with Crippen LogP contribution in [0.4, 0.5) is 0 Å². The average Bonchev–Trinajstić information content (AvgIpc) is 3.21. The van der Waals surface area contributed by atoms with Crippen LogP contribution in [0.25, 0.3) is 0 Å². The van der Waals surface area contributed by atoms with Gasteiger partial charge in [0, 0.05) is 30.7 Å². The standard InChI is InChI=1S/C18H25N5O/c1-3-5-15-10-16(22-21-15)18(24)20-12-14-7-9-23(2)17(14)13-6-4-8-19-11-13/h4,6,8,10-11,14,17H,3,5,7,9,12H2,1-2H3,(H,20,24)(H,21,22)/t14-,17-/m0/s1. The first-order valence-electron chi connectivity index (χ1n) is 8.61. The molecule has 2 aromatic heterocycles. The van der Waals surface area contributed by atoms with Gasteiger partial charge in [-0.15, -0.1) is 0 Å². The molecule has 2 atom stereocenters. The number of aromatic nitrogens is 3. The number of nitrogens with one attached hydrogen (secondary N) is 2. The van der Waals surface area contributed by atoms with E-state index in [0.717, 1.165) is 31.5 Å². The Morgan fingerprint density at radius 1 is 1.50 bits per heavy atom. The van der Waals surface area contributed by atoms with Gasteiger partial charge in [-0.25, -0.2) is 0 Å². The maximum absolute atomic E-state index is 12.3. The van der Waals surface area contributed by atoms with Gasteiger partial charge >= 0.3 is 0 Å². The highest BCUT2D eigenvalue weighted by atomic mass is 16.1. The van der Waals surface area contributed by atoms with E-state index < -0.39 is 0 Å². The number of hydrogen-bond donors (Lipinski definition) is 2. The Bertz CT molecular complexity index is 669. The summed E-state index contributed by atoms with van der Waals surface area (Å²) in [4.78, 5) is 18.9. The van der Waals surface area contributed by atoms with Crippen molar-refractivity contribution in [3.05, 3.63) is 47.5 Å². The Morgan fingerprint density at radius 3 is 3.12 bits per heavy atom. The van der Waals surface area contributed by atoms with Gasteiger partial charge in [0.15, 0.2) is 0 Å². The molecule has 3 heterocycles. The zero-order chi connectivity index (χ0) is 16.9. The predicted molar refractivity (Wildman–Crippen MR) is 92.6 cm³/mol. The number of pyridine rings is 1. The molecule has 0 radical (unpaired) electrons. The van der Waals surface area contributed by atoms with E-state index in [1.165, 1.54) is 5.56 Å². The van der Waals surface area contributed by atoms with E-state index in [-0.39, 0.29) is 5.91 Å². The van der Waals surface area contributed by atoms with Gasteiger partial charge in [-0.2, -0.15) is 5.10 Å². The Kier molecular flexibility index (Phi) is 5.25. The molecular weight excluding hydrogens is 302 g/mol. The predicted octanol–water partition coefficient (Wildman–Crippen LogP) is 2.18. The zero-order valence-corrected chi connectivity index (χ0v) is 14.3. The maximum Gasteiger partial charge on any atom is 0.271 e. The van der Waals surface area contributed by atoms with Crippen LogP contribution in [0.1, 0.15) is 47.6 Å². The van der Waals surface area contributed by atoms with Crippen molar-refractivity contribution >= 4 is 5.91 Å². The molecule has 24 heavy (non-hydrogen) atoms. The van der Waals surface area contributed by atoms with Crippen molar-refractivity contribution in [1.29, 1.82) is 0 Å². The van der Waals surface area contributed by atoms with Crippen LogP contribution in [-0.4, -0.2) is 46.1 Å². The summed E-state index contributed by atoms with van der Waals surface area (Å²) in [5, 5.41) is 10.1. The maximum atomic E-state index is 12.3. The number of carbonyl (C=O) groups excluding carboxylic acids is 1. The van der Waals surface area contributed by atoms with E-state index in [2.05, 4.69) is 45.4 Å². The summed E-state index contributed by atoms with van der Waals surface area (Å²) in [6, 6.07) is 6.22. The van der Waals surface area contributed by atoms with E-state index in [9.17, 15) is 4.79 Å². The number of hydrogen-bond acceptors (Lipinski definition) is 4. The van der Waals surface area contributed by atoms with Gasteiger partial charge in [-0.1, -0.05) is 19.4 Å². The summed E-state index contributed by atoms with van der Waals surface area (Å²) in [7, 11) is 2.13. The Morgan fingerprint density at radius 2 is 2.38 bits per heavy atom. The molecule has 1 amide bonds. The highest BCUT2D eigenvalue weighted by molar-refractivity contribution is 5.92. The second-order valence-corrected chi connectivity index (χ2v) is 6.50. The molecule has 1 fully saturated rings. The summed E-state index contributed by atoms with van der Waals surface area (Å²) < 4.78 is 0. The lowest BCUT2D eigenvalue weighted by Crippen LogP contribution is -2.32. The van der Waals surface area contributed by atoms with Gasteiger partial charge in [-0.3, -0.25) is 19.8 Å². The monoisotopic (exact) mass is 327 g/mol. The first kappa shape index (κ1) is 16.6. The molecule has 6 nitrogen and oxygen atoms in total. The molecule has 0 saturated carbocycles. The Hall–Kier alpha value is -2.21. The first-order chi connectivity index (χ1) is 11.7. The molecule has 0 aromatic carbocycles. The largest absolute Gasteiger partial charge is 0.350 e. The summed E-state index contributed by atoms with van der Waals surface area (Å²) in [5.41, 5.74) is 2.70. The minimum atomic E-state index is -0.104. The molecule has 0 unspecified atom stereocenters. The van der Waals surface area contributed by atoms with E-state index in [1.807, 2.05) is 18.3 Å². The van der Waals surface area contributed by atoms with Crippen LogP contribution in [-0.2, 0) is 6.42 Å². The van der Waals surface area contributed by atoms with Crippen molar-refractivity contribution in [3.63, 3.8) is 0 Å². The van der Waals surface area contributed by atoms with Gasteiger partial charge in [-0.05, 0) is 50.0 Å². The summed E-state index contributed by atoms with van der Waals surface area (Å²) in [6.07, 6.45) is 6.73. The fraction of sp³-hybridized carbons (Fsp3) is 0.500. The van der Waals surface area contributed by atoms with Crippen LogP contribution >= 0.6 is 0 Å². The number of aryl methyl sites for hydroxylation is 1. The molecule has 0 aliphatic carbocycles. The molecule has 0 bridgehead atoms. The zero-order valence-electron chi connectivity index (χ0n) is 14.3. The third-order valence-corrected chi connectivity index (χ3v) is 4.71. The van der Waals surface area contributed by atoms with Crippen molar-refractivity contribution in [2.24, 2.45) is 5.92 Å². The number of likely N-dealkylation sites (tertiary alicyclic amines) is 1. The van der Waals surface area contributed by atoms with E-state index in [1.54, 1.807) is 6.20 Å². The summed E-state index contributed by atoms with van der Waals surface area (Å²) in [6.45, 7) is 3.79. The van der Waals surface area contributed by atoms with Crippen LogP contribution < -0.4 is 5.32 Å². The highest BCUT2D eigenvalue weighted by Crippen LogP contribution is 2.35. The molecular formula is C18H25N5O. The van der Waals surface area contributed by atoms with E-state index in [0.29, 0.717) is 24.2 Å². The smallest absolute Gasteiger partial charge is 0.271 e. The quantitative estimate of drug-likeness (QED) is 0.853. The molecule has 3 rings (SSSR count). The van der Waals surface area contributed by atoms with Gasteiger partial charge in [0.2, 0.25) is 0 Å². The topological polar surface area (TPSA) is 73.9 Å². The number of nitrogens with zero attached hydrogens (tertiary/aromatic N) is 3. The van der Waals surface area contributed by atoms with Gasteiger partial charge in [0.05, 0.1) is 0 Å². The lowest BCUT2D eigenvalue weighted by Gasteiger charge is -2.25. The van der Waals surface area contributed by atoms with Gasteiger partial charge < -0.3 is 5.32 Å². The summed E-state index contributed by atoms with van der Waals surface area (Å²) in [5.74, 6) is 0.283. The van der Waals surface area contributed by atoms with Crippen molar-refractivity contribution in [2.45, 2.75) is 32.2 Å². The minimum absolute atomic E-state index is 0.104. The Balaban J connectivity index is 1.61. The molecule has 1 aliphatic rings. The van der Waals surface area contributed by atoms with Crippen molar-refractivity contribution in [2.75, 3.05) is 20.1 Å². The van der Waals surface area contributed by atoms with Gasteiger partial charge in [0.25, 0.3) is 5.91 Å². The first-order valence-corrected chi connectivity index (χ1v) is 8.61. The second kappa shape index (κ2) is 7.57. The van der Waals surface area contributed by atoms with Crippen molar-refractivity contribution in [3.8, 4) is 0 Å². The van der Waals surface area contributed by atoms with Gasteiger partial charge in [0.1, 0.15) is 5.69 Å². The van der Waals surface area contributed by atoms with Crippen molar-refractivity contribution in [1.82, 2.24) is 25.4 Å². The summed E-state index contributed by atoms with van der Waals surface area (Å²) >= 11 is 0. The van der Waals surface area contributed by atoms with E-state index in [4.69, 9.17) is 0 Å². The molecule has 2 aromatic rings. The lowest BCUT2D eigenvalue weighted by atomic mass is 9.95. The number of H-pyrrole nitrogens is 1. The van der Waals surface area contributed by atoms with Crippen LogP contribution in [0, 0.1) is 5.92 Å². The van der Waals surface area contributed by atoms with Crippen LogP contribution in [0.2, 0.25) is 0 Å². The molecule has 128 valence electrons. The number of carbonyl (C=O) groups is 1. The SMILES string of the molecule is CCCc1cc(C(=O)NC[C@@H]2CCN(C)[C@H]2c2cccnc2)n[nH]1. The third kappa shape index (κ3) is 3.64. The number of rotatable bonds is 6. The molecule has 1 aliphatic heterocycles. The van der Waals surface area contributed by atoms with Crippen LogP contribution in [0.5, 0.6) is 0 Å². The molecule has 6 heteroatoms. The fourth-order valence-electron chi connectivity index (χ4n) is 3.51. The molecule has 2 N–H and O–H groups in total. The number of amides is 1. The van der Waals surface area contributed by atoms with Crippen LogP contribution in [0.15, 0.2) is 30.6 Å². The number of aromatic amines is 1. The highest BCUT2D eigenvalue weighted by Gasteiger charge is 2.33. The second-order valence-electron chi connectivity index (χ2n) is 6.50. The molecule has 0 spiro atoms.